The smallest absolute Gasteiger partial charge is 0.335 e. The van der Waals surface area contributed by atoms with Gasteiger partial charge in [-0.1, -0.05) is 73.9 Å². The SMILES string of the molecule is C=CC(=O)OC=COc1ccc(C=Cc2ccc(C=Cc3cccc(OC=COC(=O)C=C)c3)c(F)c2)cc1. The van der Waals surface area contributed by atoms with E-state index in [2.05, 4.69) is 17.9 Å². The molecule has 0 radical (unpaired) electrons. The zero-order valence-electron chi connectivity index (χ0n) is 20.9. The first-order chi connectivity index (χ1) is 19.0. The highest BCUT2D eigenvalue weighted by molar-refractivity contribution is 5.82. The van der Waals surface area contributed by atoms with Crippen LogP contribution in [0.15, 0.2) is 117 Å². The lowest BCUT2D eigenvalue weighted by Crippen LogP contribution is -1.93. The van der Waals surface area contributed by atoms with E-state index in [0.717, 1.165) is 35.8 Å². The normalized spacial score (nSPS) is 11.2. The maximum absolute atomic E-state index is 14.7. The highest BCUT2D eigenvalue weighted by Gasteiger charge is 2.01. The number of benzene rings is 3. The maximum Gasteiger partial charge on any atom is 0.335 e. The fraction of sp³-hybridized carbons (Fsp3) is 0. The van der Waals surface area contributed by atoms with Crippen molar-refractivity contribution in [2.75, 3.05) is 0 Å². The largest absolute Gasteiger partial charge is 0.462 e. The molecule has 3 rings (SSSR count). The van der Waals surface area contributed by atoms with Crippen molar-refractivity contribution in [3.63, 3.8) is 0 Å². The number of carbonyl (C=O) groups excluding carboxylic acids is 2. The van der Waals surface area contributed by atoms with Crippen molar-refractivity contribution in [2.45, 2.75) is 0 Å². The molecule has 0 atom stereocenters. The molecule has 0 heterocycles. The highest BCUT2D eigenvalue weighted by atomic mass is 19.1. The van der Waals surface area contributed by atoms with Gasteiger partial charge in [0.1, 0.15) is 42.4 Å². The number of hydrogen-bond acceptors (Lipinski definition) is 6. The summed E-state index contributed by atoms with van der Waals surface area (Å²) in [7, 11) is 0. The van der Waals surface area contributed by atoms with E-state index in [4.69, 9.17) is 14.2 Å². The van der Waals surface area contributed by atoms with Crippen LogP contribution in [0.5, 0.6) is 11.5 Å². The maximum atomic E-state index is 14.7. The van der Waals surface area contributed by atoms with Crippen LogP contribution in [0.4, 0.5) is 4.39 Å². The zero-order chi connectivity index (χ0) is 27.9. The minimum atomic E-state index is -0.587. The molecule has 39 heavy (non-hydrogen) atoms. The second kappa shape index (κ2) is 15.0. The number of carbonyl (C=O) groups is 2. The van der Waals surface area contributed by atoms with Crippen LogP contribution in [-0.2, 0) is 19.1 Å². The molecule has 0 aromatic heterocycles. The average molecular weight is 525 g/mol. The van der Waals surface area contributed by atoms with Crippen molar-refractivity contribution in [1.82, 2.24) is 0 Å². The van der Waals surface area contributed by atoms with E-state index in [1.165, 1.54) is 18.6 Å². The standard InChI is InChI=1S/C32H25FO6/c1-3-31(34)38-20-18-36-28-16-12-24(13-17-28)8-9-26-11-15-27(30(33)23-26)14-10-25-6-5-7-29(22-25)37-19-21-39-32(35)4-2/h3-23H,1-2H2. The Morgan fingerprint density at radius 1 is 0.615 bits per heavy atom. The molecule has 0 spiro atoms. The van der Waals surface area contributed by atoms with Gasteiger partial charge >= 0.3 is 11.9 Å². The van der Waals surface area contributed by atoms with Crippen molar-refractivity contribution in [3.8, 4) is 11.5 Å². The molecule has 3 aromatic rings. The summed E-state index contributed by atoms with van der Waals surface area (Å²) in [6.07, 6.45) is 13.9. The van der Waals surface area contributed by atoms with Gasteiger partial charge in [-0.15, -0.1) is 0 Å². The van der Waals surface area contributed by atoms with E-state index >= 15 is 0 Å². The zero-order valence-corrected chi connectivity index (χ0v) is 20.9. The summed E-state index contributed by atoms with van der Waals surface area (Å²) in [4.78, 5) is 22.0. The Hall–Kier alpha value is -5.43. The first kappa shape index (κ1) is 28.1. The average Bonchev–Trinajstić information content (AvgIpc) is 2.96. The second-order valence-electron chi connectivity index (χ2n) is 7.65. The molecule has 0 saturated heterocycles. The third-order valence-electron chi connectivity index (χ3n) is 4.91. The molecule has 0 unspecified atom stereocenters. The highest BCUT2D eigenvalue weighted by Crippen LogP contribution is 2.20. The van der Waals surface area contributed by atoms with Crippen molar-refractivity contribution < 1.29 is 32.9 Å². The van der Waals surface area contributed by atoms with Gasteiger partial charge in [0, 0.05) is 17.7 Å². The van der Waals surface area contributed by atoms with Crippen LogP contribution in [0.25, 0.3) is 24.3 Å². The van der Waals surface area contributed by atoms with E-state index in [1.54, 1.807) is 48.6 Å². The van der Waals surface area contributed by atoms with Crippen molar-refractivity contribution in [1.29, 1.82) is 0 Å². The van der Waals surface area contributed by atoms with Crippen molar-refractivity contribution in [2.24, 2.45) is 0 Å². The van der Waals surface area contributed by atoms with Gasteiger partial charge < -0.3 is 18.9 Å². The number of rotatable bonds is 12. The van der Waals surface area contributed by atoms with Crippen molar-refractivity contribution >= 4 is 36.2 Å². The Labute approximate surface area is 225 Å². The van der Waals surface area contributed by atoms with Gasteiger partial charge in [0.15, 0.2) is 0 Å². The summed E-state index contributed by atoms with van der Waals surface area (Å²) in [5.74, 6) is -0.444. The second-order valence-corrected chi connectivity index (χ2v) is 7.65. The number of esters is 2. The molecule has 0 aliphatic carbocycles. The Bertz CT molecular complexity index is 1430. The summed E-state index contributed by atoms with van der Waals surface area (Å²) in [5.41, 5.74) is 2.83. The van der Waals surface area contributed by atoms with E-state index in [-0.39, 0.29) is 5.82 Å². The number of ether oxygens (including phenoxy) is 4. The molecule has 6 nitrogen and oxygen atoms in total. The molecule has 0 saturated carbocycles. The van der Waals surface area contributed by atoms with E-state index < -0.39 is 11.9 Å². The monoisotopic (exact) mass is 524 g/mol. The first-order valence-electron chi connectivity index (χ1n) is 11.6. The van der Waals surface area contributed by atoms with Gasteiger partial charge in [-0.2, -0.15) is 0 Å². The quantitative estimate of drug-likeness (QED) is 0.107. The Morgan fingerprint density at radius 2 is 1.18 bits per heavy atom. The van der Waals surface area contributed by atoms with E-state index in [0.29, 0.717) is 22.6 Å². The summed E-state index contributed by atoms with van der Waals surface area (Å²) >= 11 is 0. The van der Waals surface area contributed by atoms with Gasteiger partial charge in [0.2, 0.25) is 0 Å². The van der Waals surface area contributed by atoms with Gasteiger partial charge in [-0.05, 0) is 47.0 Å². The summed E-state index contributed by atoms with van der Waals surface area (Å²) in [5, 5.41) is 0. The third-order valence-corrected chi connectivity index (χ3v) is 4.91. The van der Waals surface area contributed by atoms with Gasteiger partial charge in [-0.25, -0.2) is 14.0 Å². The van der Waals surface area contributed by atoms with E-state index in [1.807, 2.05) is 36.4 Å². The molecule has 196 valence electrons. The predicted octanol–water partition coefficient (Wildman–Crippen LogP) is 7.32. The van der Waals surface area contributed by atoms with Crippen LogP contribution < -0.4 is 9.47 Å². The van der Waals surface area contributed by atoms with Gasteiger partial charge in [0.25, 0.3) is 0 Å². The fourth-order valence-corrected chi connectivity index (χ4v) is 3.01. The molecule has 0 fully saturated rings. The molecule has 3 aromatic carbocycles. The van der Waals surface area contributed by atoms with Crippen LogP contribution in [0, 0.1) is 5.82 Å². The Balaban J connectivity index is 1.56. The molecule has 0 amide bonds. The Morgan fingerprint density at radius 3 is 1.82 bits per heavy atom. The molecule has 7 heteroatoms. The molecular formula is C32H25FO6. The molecular weight excluding hydrogens is 499 g/mol. The van der Waals surface area contributed by atoms with Crippen molar-refractivity contribution in [3.05, 3.63) is 145 Å². The fourth-order valence-electron chi connectivity index (χ4n) is 3.01. The van der Waals surface area contributed by atoms with Crippen LogP contribution in [0.2, 0.25) is 0 Å². The third kappa shape index (κ3) is 9.86. The lowest BCUT2D eigenvalue weighted by atomic mass is 10.1. The first-order valence-corrected chi connectivity index (χ1v) is 11.6. The topological polar surface area (TPSA) is 71.1 Å². The number of halogens is 1. The summed E-state index contributed by atoms with van der Waals surface area (Å²) in [6, 6.07) is 19.3. The van der Waals surface area contributed by atoms with E-state index in [9.17, 15) is 14.0 Å². The molecule has 0 bridgehead atoms. The van der Waals surface area contributed by atoms with Crippen LogP contribution >= 0.6 is 0 Å². The minimum Gasteiger partial charge on any atom is -0.462 e. The van der Waals surface area contributed by atoms with Gasteiger partial charge in [-0.3, -0.25) is 0 Å². The lowest BCUT2D eigenvalue weighted by molar-refractivity contribution is -0.133. The number of hydrogen-bond donors (Lipinski definition) is 0. The Kier molecular flexibility index (Phi) is 10.8. The summed E-state index contributed by atoms with van der Waals surface area (Å²) in [6.45, 7) is 6.60. The molecule has 0 N–H and O–H groups in total. The van der Waals surface area contributed by atoms with Crippen LogP contribution in [-0.4, -0.2) is 11.9 Å². The molecule has 0 aliphatic rings. The minimum absolute atomic E-state index is 0.361. The summed E-state index contributed by atoms with van der Waals surface area (Å²) < 4.78 is 34.8. The lowest BCUT2D eigenvalue weighted by Gasteiger charge is -2.03. The van der Waals surface area contributed by atoms with Gasteiger partial charge in [0.05, 0.1) is 0 Å². The van der Waals surface area contributed by atoms with Crippen LogP contribution in [0.1, 0.15) is 22.3 Å². The molecule has 0 aliphatic heterocycles. The van der Waals surface area contributed by atoms with Crippen LogP contribution in [0.3, 0.4) is 0 Å². The predicted molar refractivity (Wildman–Crippen MR) is 149 cm³/mol.